The summed E-state index contributed by atoms with van der Waals surface area (Å²) in [6.45, 7) is 0.327. The molecule has 0 spiro atoms. The molecule has 1 atom stereocenters. The number of hydrogen-bond acceptors (Lipinski definition) is 5. The molecular formula is C19H23F2N5S. The lowest BCUT2D eigenvalue weighted by atomic mass is 9.84. The van der Waals surface area contributed by atoms with Gasteiger partial charge in [0.05, 0.1) is 34.7 Å². The number of halogens is 2. The minimum Gasteiger partial charge on any atom is -0.346 e. The number of anilines is 1. The smallest absolute Gasteiger partial charge is 0.132 e. The monoisotopic (exact) mass is 391 g/mol. The number of nitrogens with one attached hydrogen (secondary N) is 1. The number of nitrogens with two attached hydrogens (primary N) is 1. The molecule has 3 N–H and O–H groups in total. The zero-order valence-electron chi connectivity index (χ0n) is 15.2. The van der Waals surface area contributed by atoms with E-state index in [1.54, 1.807) is 6.20 Å². The molecule has 1 saturated heterocycles. The van der Waals surface area contributed by atoms with Gasteiger partial charge in [0.25, 0.3) is 0 Å². The Kier molecular flexibility index (Phi) is 4.94. The molecule has 27 heavy (non-hydrogen) atoms. The first-order chi connectivity index (χ1) is 13.0. The summed E-state index contributed by atoms with van der Waals surface area (Å²) in [6, 6.07) is 4.15. The number of aromatic nitrogens is 2. The summed E-state index contributed by atoms with van der Waals surface area (Å²) in [6.07, 6.45) is 5.64. The highest BCUT2D eigenvalue weighted by Gasteiger charge is 2.38. The summed E-state index contributed by atoms with van der Waals surface area (Å²) in [4.78, 5) is 1.91. The predicted molar refractivity (Wildman–Crippen MR) is 104 cm³/mol. The van der Waals surface area contributed by atoms with Crippen molar-refractivity contribution >= 4 is 22.5 Å². The first kappa shape index (κ1) is 18.4. The van der Waals surface area contributed by atoms with Crippen molar-refractivity contribution in [2.24, 2.45) is 12.8 Å². The van der Waals surface area contributed by atoms with Gasteiger partial charge in [-0.2, -0.15) is 5.10 Å². The SMILES string of the molecule is Cn1ncc(N2CC(=N)SC2c2c(F)cccc2F)c1C1CCC(N)CC1. The Morgan fingerprint density at radius 3 is 2.52 bits per heavy atom. The molecule has 4 rings (SSSR count). The van der Waals surface area contributed by atoms with Gasteiger partial charge in [-0.1, -0.05) is 17.8 Å². The highest BCUT2D eigenvalue weighted by Crippen LogP contribution is 2.47. The van der Waals surface area contributed by atoms with Crippen molar-refractivity contribution in [1.82, 2.24) is 9.78 Å². The van der Waals surface area contributed by atoms with Gasteiger partial charge < -0.3 is 10.6 Å². The standard InChI is InChI=1S/C19H23F2N5S/c1-25-18(11-5-7-12(22)8-6-11)15(9-24-25)26-10-16(23)27-19(26)17-13(20)3-2-4-14(17)21/h2-4,9,11-12,19,23H,5-8,10,22H2,1H3. The number of nitrogens with zero attached hydrogens (tertiary/aromatic N) is 3. The first-order valence-corrected chi connectivity index (χ1v) is 10.1. The van der Waals surface area contributed by atoms with Crippen LogP contribution in [-0.4, -0.2) is 27.4 Å². The fourth-order valence-electron chi connectivity index (χ4n) is 4.17. The minimum absolute atomic E-state index is 0.00483. The van der Waals surface area contributed by atoms with Crippen LogP contribution in [0.2, 0.25) is 0 Å². The summed E-state index contributed by atoms with van der Waals surface area (Å²) in [5.41, 5.74) is 7.99. The molecular weight excluding hydrogens is 368 g/mol. The van der Waals surface area contributed by atoms with Crippen molar-refractivity contribution in [3.63, 3.8) is 0 Å². The van der Waals surface area contributed by atoms with E-state index in [2.05, 4.69) is 5.10 Å². The first-order valence-electron chi connectivity index (χ1n) is 9.17. The molecule has 2 aliphatic rings. The summed E-state index contributed by atoms with van der Waals surface area (Å²) in [5.74, 6) is -0.847. The summed E-state index contributed by atoms with van der Waals surface area (Å²) in [5, 5.41) is 12.3. The molecule has 1 aliphatic heterocycles. The second-order valence-electron chi connectivity index (χ2n) is 7.31. The van der Waals surface area contributed by atoms with E-state index in [1.807, 2.05) is 16.6 Å². The Morgan fingerprint density at radius 2 is 1.85 bits per heavy atom. The van der Waals surface area contributed by atoms with Crippen LogP contribution in [0.4, 0.5) is 14.5 Å². The maximum absolute atomic E-state index is 14.4. The maximum atomic E-state index is 14.4. The molecule has 1 aromatic carbocycles. The van der Waals surface area contributed by atoms with Crippen LogP contribution in [0, 0.1) is 17.0 Å². The molecule has 0 amide bonds. The molecule has 2 fully saturated rings. The number of aryl methyl sites for hydroxylation is 1. The van der Waals surface area contributed by atoms with Gasteiger partial charge in [-0.15, -0.1) is 0 Å². The zero-order chi connectivity index (χ0) is 19.1. The van der Waals surface area contributed by atoms with Crippen molar-refractivity contribution in [3.8, 4) is 0 Å². The second-order valence-corrected chi connectivity index (χ2v) is 8.48. The predicted octanol–water partition coefficient (Wildman–Crippen LogP) is 3.91. The lowest BCUT2D eigenvalue weighted by molar-refractivity contribution is 0.382. The average molecular weight is 391 g/mol. The van der Waals surface area contributed by atoms with Crippen LogP contribution < -0.4 is 10.6 Å². The third-order valence-electron chi connectivity index (χ3n) is 5.53. The second kappa shape index (κ2) is 7.24. The lowest BCUT2D eigenvalue weighted by Crippen LogP contribution is -2.29. The van der Waals surface area contributed by atoms with Crippen molar-refractivity contribution in [2.45, 2.75) is 43.0 Å². The van der Waals surface area contributed by atoms with Gasteiger partial charge in [0.15, 0.2) is 0 Å². The lowest BCUT2D eigenvalue weighted by Gasteiger charge is -2.31. The molecule has 1 aliphatic carbocycles. The fourth-order valence-corrected chi connectivity index (χ4v) is 5.31. The number of rotatable bonds is 3. The Morgan fingerprint density at radius 1 is 1.19 bits per heavy atom. The molecule has 5 nitrogen and oxygen atoms in total. The molecule has 1 unspecified atom stereocenters. The average Bonchev–Trinajstić information content (AvgIpc) is 3.18. The van der Waals surface area contributed by atoms with Gasteiger partial charge in [-0.3, -0.25) is 10.1 Å². The largest absolute Gasteiger partial charge is 0.346 e. The minimum atomic E-state index is -0.604. The zero-order valence-corrected chi connectivity index (χ0v) is 16.0. The number of thioether (sulfide) groups is 1. The Balaban J connectivity index is 1.73. The van der Waals surface area contributed by atoms with Crippen molar-refractivity contribution in [3.05, 3.63) is 47.3 Å². The van der Waals surface area contributed by atoms with Crippen LogP contribution >= 0.6 is 11.8 Å². The third kappa shape index (κ3) is 3.36. The third-order valence-corrected chi connectivity index (χ3v) is 6.66. The van der Waals surface area contributed by atoms with E-state index in [1.165, 1.54) is 30.0 Å². The van der Waals surface area contributed by atoms with E-state index in [4.69, 9.17) is 11.1 Å². The van der Waals surface area contributed by atoms with Gasteiger partial charge in [0.2, 0.25) is 0 Å². The van der Waals surface area contributed by atoms with Crippen LogP contribution in [0.3, 0.4) is 0 Å². The normalized spacial score (nSPS) is 26.0. The van der Waals surface area contributed by atoms with Crippen molar-refractivity contribution < 1.29 is 8.78 Å². The molecule has 2 heterocycles. The molecule has 8 heteroatoms. The molecule has 1 aromatic heterocycles. The van der Waals surface area contributed by atoms with E-state index in [-0.39, 0.29) is 11.6 Å². The van der Waals surface area contributed by atoms with Crippen LogP contribution in [0.1, 0.15) is 48.2 Å². The Bertz CT molecular complexity index is 840. The van der Waals surface area contributed by atoms with Gasteiger partial charge in [0.1, 0.15) is 17.0 Å². The highest BCUT2D eigenvalue weighted by molar-refractivity contribution is 8.14. The molecule has 0 bridgehead atoms. The number of benzene rings is 1. The Labute approximate surface area is 161 Å². The fraction of sp³-hybridized carbons (Fsp3) is 0.474. The summed E-state index contributed by atoms with van der Waals surface area (Å²) >= 11 is 1.19. The summed E-state index contributed by atoms with van der Waals surface area (Å²) < 4.78 is 30.7. The Hall–Kier alpha value is -1.93. The van der Waals surface area contributed by atoms with Gasteiger partial charge in [-0.05, 0) is 37.8 Å². The van der Waals surface area contributed by atoms with E-state index in [0.717, 1.165) is 37.1 Å². The summed E-state index contributed by atoms with van der Waals surface area (Å²) in [7, 11) is 1.90. The van der Waals surface area contributed by atoms with Crippen molar-refractivity contribution in [2.75, 3.05) is 11.4 Å². The molecule has 1 saturated carbocycles. The van der Waals surface area contributed by atoms with Crippen LogP contribution in [0.15, 0.2) is 24.4 Å². The highest BCUT2D eigenvalue weighted by atomic mass is 32.2. The van der Waals surface area contributed by atoms with E-state index >= 15 is 0 Å². The van der Waals surface area contributed by atoms with E-state index in [0.29, 0.717) is 17.5 Å². The van der Waals surface area contributed by atoms with Gasteiger partial charge in [-0.25, -0.2) is 8.78 Å². The maximum Gasteiger partial charge on any atom is 0.132 e. The van der Waals surface area contributed by atoms with Crippen LogP contribution in [0.5, 0.6) is 0 Å². The van der Waals surface area contributed by atoms with Gasteiger partial charge in [0, 0.05) is 19.0 Å². The molecule has 2 aromatic rings. The quantitative estimate of drug-likeness (QED) is 0.832. The number of hydrogen-bond donors (Lipinski definition) is 2. The molecule has 0 radical (unpaired) electrons. The van der Waals surface area contributed by atoms with Crippen molar-refractivity contribution in [1.29, 1.82) is 5.41 Å². The molecule has 144 valence electrons. The van der Waals surface area contributed by atoms with Crippen LogP contribution in [0.25, 0.3) is 0 Å². The van der Waals surface area contributed by atoms with Crippen LogP contribution in [-0.2, 0) is 7.05 Å². The topological polar surface area (TPSA) is 70.9 Å². The van der Waals surface area contributed by atoms with E-state index in [9.17, 15) is 8.78 Å². The van der Waals surface area contributed by atoms with Gasteiger partial charge >= 0.3 is 0 Å². The van der Waals surface area contributed by atoms with E-state index < -0.39 is 17.0 Å².